The zero-order valence-corrected chi connectivity index (χ0v) is 16.4. The van der Waals surface area contributed by atoms with Crippen molar-refractivity contribution in [1.82, 2.24) is 14.9 Å². The number of hydrogen-bond donors (Lipinski definition) is 0. The Bertz CT molecular complexity index is 1000. The minimum absolute atomic E-state index is 0.132. The molecular formula is C21H21ClN4O2. The van der Waals surface area contributed by atoms with Gasteiger partial charge in [0.15, 0.2) is 0 Å². The molecule has 0 unspecified atom stereocenters. The summed E-state index contributed by atoms with van der Waals surface area (Å²) in [5.41, 5.74) is 1.79. The topological polar surface area (TPSA) is 58.6 Å². The highest BCUT2D eigenvalue weighted by Crippen LogP contribution is 2.26. The molecule has 2 aromatic carbocycles. The molecule has 1 fully saturated rings. The van der Waals surface area contributed by atoms with Crippen LogP contribution in [0.3, 0.4) is 0 Å². The number of piperazine rings is 1. The predicted molar refractivity (Wildman–Crippen MR) is 110 cm³/mol. The van der Waals surface area contributed by atoms with Crippen molar-refractivity contribution in [2.75, 3.05) is 38.2 Å². The SMILES string of the molecule is COc1cccc(CC(=O)N2CCN(c3ncnc4cc(Cl)ccc34)CC2)c1. The van der Waals surface area contributed by atoms with Crippen LogP contribution in [-0.2, 0) is 11.2 Å². The van der Waals surface area contributed by atoms with Crippen LogP contribution in [-0.4, -0.2) is 54.1 Å². The van der Waals surface area contributed by atoms with Crippen LogP contribution in [0.25, 0.3) is 10.9 Å². The number of amides is 1. The van der Waals surface area contributed by atoms with Gasteiger partial charge in [-0.05, 0) is 35.9 Å². The van der Waals surface area contributed by atoms with Crippen molar-refractivity contribution < 1.29 is 9.53 Å². The Balaban J connectivity index is 1.42. The Hall–Kier alpha value is -2.86. The molecule has 1 amide bonds. The van der Waals surface area contributed by atoms with Crippen molar-refractivity contribution in [3.63, 3.8) is 0 Å². The van der Waals surface area contributed by atoms with E-state index in [1.165, 1.54) is 0 Å². The molecular weight excluding hydrogens is 376 g/mol. The predicted octanol–water partition coefficient (Wildman–Crippen LogP) is 3.18. The van der Waals surface area contributed by atoms with Crippen molar-refractivity contribution >= 4 is 34.2 Å². The van der Waals surface area contributed by atoms with E-state index in [4.69, 9.17) is 16.3 Å². The highest BCUT2D eigenvalue weighted by atomic mass is 35.5. The number of carbonyl (C=O) groups excluding carboxylic acids is 1. The second kappa shape index (κ2) is 8.02. The molecule has 1 aliphatic rings. The summed E-state index contributed by atoms with van der Waals surface area (Å²) in [6, 6.07) is 13.3. The van der Waals surface area contributed by atoms with Crippen LogP contribution in [0.2, 0.25) is 5.02 Å². The lowest BCUT2D eigenvalue weighted by molar-refractivity contribution is -0.130. The van der Waals surface area contributed by atoms with Gasteiger partial charge in [0.1, 0.15) is 17.9 Å². The maximum atomic E-state index is 12.7. The summed E-state index contributed by atoms with van der Waals surface area (Å²) in [6.07, 6.45) is 1.94. The van der Waals surface area contributed by atoms with E-state index in [1.807, 2.05) is 47.4 Å². The molecule has 2 heterocycles. The molecule has 1 aliphatic heterocycles. The molecule has 4 rings (SSSR count). The van der Waals surface area contributed by atoms with Gasteiger partial charge in [0, 0.05) is 36.6 Å². The molecule has 28 heavy (non-hydrogen) atoms. The molecule has 0 N–H and O–H groups in total. The first-order valence-electron chi connectivity index (χ1n) is 9.20. The molecule has 1 aromatic heterocycles. The zero-order valence-electron chi connectivity index (χ0n) is 15.6. The third-order valence-corrected chi connectivity index (χ3v) is 5.23. The van der Waals surface area contributed by atoms with E-state index < -0.39 is 0 Å². The van der Waals surface area contributed by atoms with Crippen LogP contribution in [0.4, 0.5) is 5.82 Å². The van der Waals surface area contributed by atoms with Crippen LogP contribution >= 0.6 is 11.6 Å². The number of fused-ring (bicyclic) bond motifs is 1. The highest BCUT2D eigenvalue weighted by molar-refractivity contribution is 6.31. The van der Waals surface area contributed by atoms with Gasteiger partial charge in [0.25, 0.3) is 0 Å². The fourth-order valence-electron chi connectivity index (χ4n) is 3.50. The van der Waals surface area contributed by atoms with Crippen LogP contribution < -0.4 is 9.64 Å². The monoisotopic (exact) mass is 396 g/mol. The van der Waals surface area contributed by atoms with Gasteiger partial charge in [-0.3, -0.25) is 4.79 Å². The van der Waals surface area contributed by atoms with Crippen LogP contribution in [0.15, 0.2) is 48.8 Å². The number of benzene rings is 2. The number of hydrogen-bond acceptors (Lipinski definition) is 5. The van der Waals surface area contributed by atoms with Gasteiger partial charge in [-0.2, -0.15) is 0 Å². The number of carbonyl (C=O) groups is 1. The Kier molecular flexibility index (Phi) is 5.30. The molecule has 0 radical (unpaired) electrons. The van der Waals surface area contributed by atoms with E-state index >= 15 is 0 Å². The molecule has 6 nitrogen and oxygen atoms in total. The summed E-state index contributed by atoms with van der Waals surface area (Å²) in [5.74, 6) is 1.79. The normalized spacial score (nSPS) is 14.4. The Morgan fingerprint density at radius 2 is 1.93 bits per heavy atom. The van der Waals surface area contributed by atoms with E-state index in [0.29, 0.717) is 24.5 Å². The Morgan fingerprint density at radius 1 is 1.11 bits per heavy atom. The number of nitrogens with zero attached hydrogens (tertiary/aromatic N) is 4. The summed E-state index contributed by atoms with van der Waals surface area (Å²) < 4.78 is 5.24. The number of ether oxygens (including phenoxy) is 1. The number of aromatic nitrogens is 2. The summed E-state index contributed by atoms with van der Waals surface area (Å²) in [4.78, 5) is 25.6. The van der Waals surface area contributed by atoms with Crippen molar-refractivity contribution in [3.8, 4) is 5.75 Å². The third-order valence-electron chi connectivity index (χ3n) is 5.00. The molecule has 0 spiro atoms. The number of halogens is 1. The molecule has 1 saturated heterocycles. The fourth-order valence-corrected chi connectivity index (χ4v) is 3.67. The molecule has 0 aliphatic carbocycles. The average molecular weight is 397 g/mol. The lowest BCUT2D eigenvalue weighted by Gasteiger charge is -2.35. The van der Waals surface area contributed by atoms with Gasteiger partial charge < -0.3 is 14.5 Å². The standard InChI is InChI=1S/C21H21ClN4O2/c1-28-17-4-2-3-15(11-17)12-20(27)25-7-9-26(10-8-25)21-18-6-5-16(22)13-19(18)23-14-24-21/h2-6,11,13-14H,7-10,12H2,1H3. The lowest BCUT2D eigenvalue weighted by atomic mass is 10.1. The number of methoxy groups -OCH3 is 1. The van der Waals surface area contributed by atoms with Gasteiger partial charge in [0.05, 0.1) is 19.0 Å². The van der Waals surface area contributed by atoms with Gasteiger partial charge in [-0.15, -0.1) is 0 Å². The van der Waals surface area contributed by atoms with Gasteiger partial charge in [0.2, 0.25) is 5.91 Å². The first-order valence-corrected chi connectivity index (χ1v) is 9.58. The first kappa shape index (κ1) is 18.5. The van der Waals surface area contributed by atoms with E-state index in [2.05, 4.69) is 14.9 Å². The van der Waals surface area contributed by atoms with E-state index in [0.717, 1.165) is 41.1 Å². The summed E-state index contributed by atoms with van der Waals surface area (Å²) >= 11 is 6.07. The van der Waals surface area contributed by atoms with Crippen LogP contribution in [0.1, 0.15) is 5.56 Å². The Morgan fingerprint density at radius 3 is 2.71 bits per heavy atom. The molecule has 7 heteroatoms. The van der Waals surface area contributed by atoms with Crippen molar-refractivity contribution in [2.24, 2.45) is 0 Å². The highest BCUT2D eigenvalue weighted by Gasteiger charge is 2.23. The Labute approximate surface area is 168 Å². The number of anilines is 1. The second-order valence-electron chi connectivity index (χ2n) is 6.75. The minimum atomic E-state index is 0.132. The quantitative estimate of drug-likeness (QED) is 0.677. The second-order valence-corrected chi connectivity index (χ2v) is 7.19. The molecule has 0 atom stereocenters. The van der Waals surface area contributed by atoms with Gasteiger partial charge in [-0.25, -0.2) is 9.97 Å². The third kappa shape index (κ3) is 3.87. The summed E-state index contributed by atoms with van der Waals surface area (Å²) in [6.45, 7) is 2.81. The largest absolute Gasteiger partial charge is 0.497 e. The van der Waals surface area contributed by atoms with E-state index in [-0.39, 0.29) is 5.91 Å². The van der Waals surface area contributed by atoms with Crippen LogP contribution in [0, 0.1) is 0 Å². The first-order chi connectivity index (χ1) is 13.6. The van der Waals surface area contributed by atoms with Crippen molar-refractivity contribution in [3.05, 3.63) is 59.4 Å². The summed E-state index contributed by atoms with van der Waals surface area (Å²) in [5, 5.41) is 1.63. The molecule has 0 bridgehead atoms. The van der Waals surface area contributed by atoms with Crippen molar-refractivity contribution in [1.29, 1.82) is 0 Å². The molecule has 144 valence electrons. The van der Waals surface area contributed by atoms with Gasteiger partial charge in [-0.1, -0.05) is 23.7 Å². The maximum Gasteiger partial charge on any atom is 0.227 e. The fraction of sp³-hybridized carbons (Fsp3) is 0.286. The maximum absolute atomic E-state index is 12.7. The summed E-state index contributed by atoms with van der Waals surface area (Å²) in [7, 11) is 1.63. The minimum Gasteiger partial charge on any atom is -0.497 e. The zero-order chi connectivity index (χ0) is 19.5. The molecule has 0 saturated carbocycles. The van der Waals surface area contributed by atoms with E-state index in [1.54, 1.807) is 13.4 Å². The molecule has 3 aromatic rings. The van der Waals surface area contributed by atoms with Crippen molar-refractivity contribution in [2.45, 2.75) is 6.42 Å². The van der Waals surface area contributed by atoms with Crippen LogP contribution in [0.5, 0.6) is 5.75 Å². The average Bonchev–Trinajstić information content (AvgIpc) is 2.73. The van der Waals surface area contributed by atoms with E-state index in [9.17, 15) is 4.79 Å². The number of rotatable bonds is 4. The lowest BCUT2D eigenvalue weighted by Crippen LogP contribution is -2.49. The smallest absolute Gasteiger partial charge is 0.227 e. The van der Waals surface area contributed by atoms with Gasteiger partial charge >= 0.3 is 0 Å².